The summed E-state index contributed by atoms with van der Waals surface area (Å²) in [5.41, 5.74) is 0.467. The van der Waals surface area contributed by atoms with Crippen molar-refractivity contribution < 1.29 is 9.90 Å². The van der Waals surface area contributed by atoms with Crippen molar-refractivity contribution >= 4 is 23.2 Å². The van der Waals surface area contributed by atoms with Crippen LogP contribution in [0.15, 0.2) is 42.5 Å². The highest BCUT2D eigenvalue weighted by molar-refractivity contribution is 6.34. The number of carbonyl (C=O) groups is 1. The molecule has 84 valence electrons. The van der Waals surface area contributed by atoms with Gasteiger partial charge in [-0.05, 0) is 19.1 Å². The Labute approximate surface area is 99.1 Å². The van der Waals surface area contributed by atoms with Gasteiger partial charge in [0.2, 0.25) is 5.91 Å². The van der Waals surface area contributed by atoms with Gasteiger partial charge in [0.15, 0.2) is 0 Å². The molecule has 1 aromatic rings. The van der Waals surface area contributed by atoms with Crippen LogP contribution in [0.4, 0.5) is 5.69 Å². The Kier molecular flexibility index (Phi) is 4.61. The molecular formula is C12H12ClNO2. The number of allylic oxidation sites excluding steroid dienone is 3. The van der Waals surface area contributed by atoms with Crippen LogP contribution in [0.3, 0.4) is 0 Å². The molecule has 0 fully saturated rings. The molecule has 0 aliphatic heterocycles. The molecule has 0 aliphatic carbocycles. The van der Waals surface area contributed by atoms with Crippen LogP contribution >= 0.6 is 11.6 Å². The molecular weight excluding hydrogens is 226 g/mol. The minimum absolute atomic E-state index is 0.0625. The number of hydrogen-bond acceptors (Lipinski definition) is 2. The molecule has 0 saturated carbocycles. The lowest BCUT2D eigenvalue weighted by Crippen LogP contribution is -2.07. The Hall–Kier alpha value is -1.74. The van der Waals surface area contributed by atoms with Gasteiger partial charge >= 0.3 is 0 Å². The van der Waals surface area contributed by atoms with Gasteiger partial charge in [-0.1, -0.05) is 29.8 Å². The van der Waals surface area contributed by atoms with Crippen molar-refractivity contribution in [2.75, 3.05) is 5.32 Å². The molecule has 1 rings (SSSR count). The van der Waals surface area contributed by atoms with Crippen LogP contribution in [0.1, 0.15) is 6.92 Å². The third-order valence-electron chi connectivity index (χ3n) is 1.76. The van der Waals surface area contributed by atoms with E-state index in [1.54, 1.807) is 18.2 Å². The zero-order valence-electron chi connectivity index (χ0n) is 8.77. The van der Waals surface area contributed by atoms with Crippen molar-refractivity contribution in [3.05, 3.63) is 47.5 Å². The first-order chi connectivity index (χ1) is 7.63. The predicted octanol–water partition coefficient (Wildman–Crippen LogP) is 3.12. The Morgan fingerprint density at radius 1 is 1.44 bits per heavy atom. The second-order valence-corrected chi connectivity index (χ2v) is 3.45. The maximum atomic E-state index is 11.4. The largest absolute Gasteiger partial charge is 0.508 e. The molecule has 0 aromatic heterocycles. The first-order valence-electron chi connectivity index (χ1n) is 4.72. The van der Waals surface area contributed by atoms with Gasteiger partial charge in [-0.3, -0.25) is 4.79 Å². The number of phenols is 1. The molecule has 16 heavy (non-hydrogen) atoms. The summed E-state index contributed by atoms with van der Waals surface area (Å²) >= 11 is 5.82. The molecule has 0 atom stereocenters. The topological polar surface area (TPSA) is 49.3 Å². The summed E-state index contributed by atoms with van der Waals surface area (Å²) in [6, 6.07) is 4.36. The van der Waals surface area contributed by atoms with Gasteiger partial charge in [0.05, 0.1) is 10.7 Å². The summed E-state index contributed by atoms with van der Waals surface area (Å²) in [6.07, 6.45) is 6.59. The molecule has 0 saturated heterocycles. The summed E-state index contributed by atoms with van der Waals surface area (Å²) in [4.78, 5) is 11.4. The fraction of sp³-hybridized carbons (Fsp3) is 0.0833. The van der Waals surface area contributed by atoms with E-state index >= 15 is 0 Å². The summed E-state index contributed by atoms with van der Waals surface area (Å²) in [7, 11) is 0. The van der Waals surface area contributed by atoms with E-state index in [-0.39, 0.29) is 11.7 Å². The Morgan fingerprint density at radius 2 is 2.19 bits per heavy atom. The molecule has 4 heteroatoms. The number of aromatic hydroxyl groups is 1. The Bertz CT molecular complexity index is 439. The zero-order chi connectivity index (χ0) is 12.0. The van der Waals surface area contributed by atoms with Gasteiger partial charge < -0.3 is 10.4 Å². The SMILES string of the molecule is CC=CC=CC(=O)Nc1ccc(O)cc1Cl. The van der Waals surface area contributed by atoms with Crippen molar-refractivity contribution in [2.45, 2.75) is 6.92 Å². The molecule has 1 amide bonds. The average molecular weight is 238 g/mol. The highest BCUT2D eigenvalue weighted by atomic mass is 35.5. The van der Waals surface area contributed by atoms with E-state index in [0.29, 0.717) is 10.7 Å². The number of nitrogens with one attached hydrogen (secondary N) is 1. The van der Waals surface area contributed by atoms with E-state index < -0.39 is 0 Å². The molecule has 0 unspecified atom stereocenters. The smallest absolute Gasteiger partial charge is 0.248 e. The molecule has 0 aliphatic rings. The molecule has 2 N–H and O–H groups in total. The van der Waals surface area contributed by atoms with E-state index in [9.17, 15) is 4.79 Å². The summed E-state index contributed by atoms with van der Waals surface area (Å²) in [6.45, 7) is 1.86. The molecule has 0 heterocycles. The first-order valence-corrected chi connectivity index (χ1v) is 5.10. The summed E-state index contributed by atoms with van der Waals surface area (Å²) in [5, 5.41) is 12.0. The molecule has 1 aromatic carbocycles. The molecule has 0 bridgehead atoms. The molecule has 3 nitrogen and oxygen atoms in total. The van der Waals surface area contributed by atoms with Crippen molar-refractivity contribution in [2.24, 2.45) is 0 Å². The number of phenolic OH excluding ortho intramolecular Hbond substituents is 1. The fourth-order valence-electron chi connectivity index (χ4n) is 1.03. The van der Waals surface area contributed by atoms with E-state index in [1.807, 2.05) is 13.0 Å². The lowest BCUT2D eigenvalue weighted by atomic mass is 10.3. The van der Waals surface area contributed by atoms with Crippen LogP contribution in [-0.2, 0) is 4.79 Å². The highest BCUT2D eigenvalue weighted by Crippen LogP contribution is 2.25. The normalized spacial score (nSPS) is 11.1. The number of amides is 1. The number of benzene rings is 1. The zero-order valence-corrected chi connectivity index (χ0v) is 9.53. The first kappa shape index (κ1) is 12.3. The quantitative estimate of drug-likeness (QED) is 0.482. The van der Waals surface area contributed by atoms with E-state index in [4.69, 9.17) is 16.7 Å². The highest BCUT2D eigenvalue weighted by Gasteiger charge is 2.03. The van der Waals surface area contributed by atoms with E-state index in [0.717, 1.165) is 0 Å². The van der Waals surface area contributed by atoms with Gasteiger partial charge in [0.1, 0.15) is 5.75 Å². The number of carbonyl (C=O) groups excluding carboxylic acids is 1. The van der Waals surface area contributed by atoms with Gasteiger partial charge in [-0.15, -0.1) is 0 Å². The second kappa shape index (κ2) is 5.98. The van der Waals surface area contributed by atoms with Crippen molar-refractivity contribution in [3.63, 3.8) is 0 Å². The summed E-state index contributed by atoms with van der Waals surface area (Å²) in [5.74, 6) is -0.210. The lowest BCUT2D eigenvalue weighted by molar-refractivity contribution is -0.111. The monoisotopic (exact) mass is 237 g/mol. The predicted molar refractivity (Wildman–Crippen MR) is 65.7 cm³/mol. The van der Waals surface area contributed by atoms with Gasteiger partial charge in [-0.2, -0.15) is 0 Å². The van der Waals surface area contributed by atoms with Crippen LogP contribution in [0.25, 0.3) is 0 Å². The number of rotatable bonds is 3. The third-order valence-corrected chi connectivity index (χ3v) is 2.07. The fourth-order valence-corrected chi connectivity index (χ4v) is 1.26. The van der Waals surface area contributed by atoms with Crippen molar-refractivity contribution in [1.29, 1.82) is 0 Å². The summed E-state index contributed by atoms with van der Waals surface area (Å²) < 4.78 is 0. The van der Waals surface area contributed by atoms with Crippen LogP contribution in [0, 0.1) is 0 Å². The third kappa shape index (κ3) is 3.79. The van der Waals surface area contributed by atoms with Crippen molar-refractivity contribution in [3.8, 4) is 5.75 Å². The van der Waals surface area contributed by atoms with Crippen LogP contribution < -0.4 is 5.32 Å². The van der Waals surface area contributed by atoms with Gasteiger partial charge in [-0.25, -0.2) is 0 Å². The standard InChI is InChI=1S/C12H12ClNO2/c1-2-3-4-5-12(16)14-11-7-6-9(15)8-10(11)13/h2-8,15H,1H3,(H,14,16). The van der Waals surface area contributed by atoms with Crippen LogP contribution in [0.2, 0.25) is 5.02 Å². The lowest BCUT2D eigenvalue weighted by Gasteiger charge is -2.04. The van der Waals surface area contributed by atoms with Gasteiger partial charge in [0, 0.05) is 12.1 Å². The maximum Gasteiger partial charge on any atom is 0.248 e. The maximum absolute atomic E-state index is 11.4. The Morgan fingerprint density at radius 3 is 2.81 bits per heavy atom. The van der Waals surface area contributed by atoms with Crippen LogP contribution in [0.5, 0.6) is 5.75 Å². The number of anilines is 1. The average Bonchev–Trinajstić information content (AvgIpc) is 2.23. The minimum Gasteiger partial charge on any atom is -0.508 e. The van der Waals surface area contributed by atoms with Gasteiger partial charge in [0.25, 0.3) is 0 Å². The molecule has 0 radical (unpaired) electrons. The van der Waals surface area contributed by atoms with Crippen LogP contribution in [-0.4, -0.2) is 11.0 Å². The second-order valence-electron chi connectivity index (χ2n) is 3.04. The molecule has 0 spiro atoms. The van der Waals surface area contributed by atoms with Crippen molar-refractivity contribution in [1.82, 2.24) is 0 Å². The number of halogens is 1. The minimum atomic E-state index is -0.273. The number of hydrogen-bond donors (Lipinski definition) is 2. The van der Waals surface area contributed by atoms with E-state index in [1.165, 1.54) is 18.2 Å². The van der Waals surface area contributed by atoms with E-state index in [2.05, 4.69) is 5.32 Å². The Balaban J connectivity index is 2.70.